The first kappa shape index (κ1) is 8.01. The molecule has 0 aliphatic carbocycles. The zero-order valence-corrected chi connectivity index (χ0v) is 7.20. The highest BCUT2D eigenvalue weighted by Gasteiger charge is 2.04. The molecule has 66 valence electrons. The molecule has 1 aromatic carbocycles. The second kappa shape index (κ2) is 3.41. The molecule has 0 saturated heterocycles. The Hall–Kier alpha value is -1.61. The summed E-state index contributed by atoms with van der Waals surface area (Å²) in [6.07, 6.45) is 5.64. The van der Waals surface area contributed by atoms with Crippen LogP contribution >= 0.6 is 0 Å². The van der Waals surface area contributed by atoms with Gasteiger partial charge in [-0.05, 0) is 17.7 Å². The summed E-state index contributed by atoms with van der Waals surface area (Å²) in [5, 5.41) is 3.98. The summed E-state index contributed by atoms with van der Waals surface area (Å²) < 4.78 is 0. The van der Waals surface area contributed by atoms with Gasteiger partial charge in [0.2, 0.25) is 0 Å². The van der Waals surface area contributed by atoms with Gasteiger partial charge in [-0.2, -0.15) is 5.10 Å². The third kappa shape index (κ3) is 1.46. The zero-order valence-electron chi connectivity index (χ0n) is 7.20. The Labute approximate surface area is 77.0 Å². The first-order valence-corrected chi connectivity index (χ1v) is 4.19. The molecule has 0 radical (unpaired) electrons. The first-order chi connectivity index (χ1) is 6.42. The van der Waals surface area contributed by atoms with Crippen LogP contribution in [-0.2, 0) is 6.54 Å². The average Bonchev–Trinajstić information content (AvgIpc) is 2.41. The van der Waals surface area contributed by atoms with Gasteiger partial charge in [0.05, 0.1) is 5.69 Å². The molecule has 0 bridgehead atoms. The molecule has 1 aliphatic heterocycles. The number of nitrogens with one attached hydrogen (secondary N) is 1. The van der Waals surface area contributed by atoms with E-state index in [-0.39, 0.29) is 0 Å². The van der Waals surface area contributed by atoms with Crippen molar-refractivity contribution in [1.82, 2.24) is 0 Å². The number of hydrogen-bond acceptors (Lipinski definition) is 3. The molecule has 1 aromatic rings. The highest BCUT2D eigenvalue weighted by atomic mass is 15.3. The molecule has 1 heterocycles. The molecule has 0 amide bonds. The lowest BCUT2D eigenvalue weighted by molar-refractivity contribution is 1.07. The Balaban J connectivity index is 2.55. The molecule has 0 unspecified atom stereocenters. The lowest BCUT2D eigenvalue weighted by Crippen LogP contribution is -2.00. The lowest BCUT2D eigenvalue weighted by Gasteiger charge is -2.07. The molecule has 2 rings (SSSR count). The molecule has 1 aliphatic rings. The number of nitrogens with two attached hydrogens (primary N) is 1. The highest BCUT2D eigenvalue weighted by molar-refractivity contribution is 5.84. The van der Waals surface area contributed by atoms with Crippen molar-refractivity contribution in [2.45, 2.75) is 6.54 Å². The van der Waals surface area contributed by atoms with Crippen LogP contribution in [-0.4, -0.2) is 6.21 Å². The van der Waals surface area contributed by atoms with Gasteiger partial charge in [0.15, 0.2) is 0 Å². The van der Waals surface area contributed by atoms with E-state index >= 15 is 0 Å². The minimum absolute atomic E-state index is 0.551. The van der Waals surface area contributed by atoms with Gasteiger partial charge in [0.25, 0.3) is 0 Å². The van der Waals surface area contributed by atoms with Gasteiger partial charge in [-0.3, -0.25) is 5.43 Å². The smallest absolute Gasteiger partial charge is 0.0637 e. The van der Waals surface area contributed by atoms with E-state index in [1.54, 1.807) is 6.21 Å². The van der Waals surface area contributed by atoms with E-state index in [1.807, 2.05) is 30.4 Å². The zero-order chi connectivity index (χ0) is 9.10. The van der Waals surface area contributed by atoms with Crippen LogP contribution < -0.4 is 11.2 Å². The molecule has 0 fully saturated rings. The molecule has 0 spiro atoms. The maximum atomic E-state index is 5.62. The third-order valence-corrected chi connectivity index (χ3v) is 2.02. The van der Waals surface area contributed by atoms with E-state index < -0.39 is 0 Å². The van der Waals surface area contributed by atoms with Gasteiger partial charge >= 0.3 is 0 Å². The van der Waals surface area contributed by atoms with Gasteiger partial charge in [0, 0.05) is 18.3 Å². The molecule has 13 heavy (non-hydrogen) atoms. The Morgan fingerprint density at radius 1 is 1.38 bits per heavy atom. The number of rotatable bonds is 1. The monoisotopic (exact) mass is 173 g/mol. The van der Waals surface area contributed by atoms with Crippen molar-refractivity contribution in [3.8, 4) is 0 Å². The van der Waals surface area contributed by atoms with Gasteiger partial charge in [-0.25, -0.2) is 0 Å². The molecule has 0 saturated carbocycles. The average molecular weight is 173 g/mol. The Bertz CT molecular complexity index is 366. The van der Waals surface area contributed by atoms with Crippen LogP contribution in [0.4, 0.5) is 5.69 Å². The maximum absolute atomic E-state index is 5.62. The van der Waals surface area contributed by atoms with Crippen LogP contribution in [0.5, 0.6) is 0 Å². The van der Waals surface area contributed by atoms with Gasteiger partial charge in [0.1, 0.15) is 0 Å². The summed E-state index contributed by atoms with van der Waals surface area (Å²) in [4.78, 5) is 0. The van der Waals surface area contributed by atoms with Crippen molar-refractivity contribution in [3.05, 3.63) is 35.4 Å². The minimum Gasteiger partial charge on any atom is -0.326 e. The van der Waals surface area contributed by atoms with E-state index in [2.05, 4.69) is 10.5 Å². The van der Waals surface area contributed by atoms with Crippen molar-refractivity contribution in [3.63, 3.8) is 0 Å². The Morgan fingerprint density at radius 3 is 3.15 bits per heavy atom. The van der Waals surface area contributed by atoms with E-state index in [0.29, 0.717) is 6.54 Å². The second-order valence-corrected chi connectivity index (χ2v) is 2.83. The summed E-state index contributed by atoms with van der Waals surface area (Å²) in [6, 6.07) is 5.99. The Kier molecular flexibility index (Phi) is 2.10. The van der Waals surface area contributed by atoms with Crippen molar-refractivity contribution < 1.29 is 0 Å². The van der Waals surface area contributed by atoms with Crippen LogP contribution in [0.1, 0.15) is 11.1 Å². The largest absolute Gasteiger partial charge is 0.326 e. The lowest BCUT2D eigenvalue weighted by atomic mass is 10.1. The van der Waals surface area contributed by atoms with Crippen LogP contribution in [0.25, 0.3) is 6.08 Å². The molecular formula is C10H11N3. The quantitative estimate of drug-likeness (QED) is 0.677. The SMILES string of the molecule is NCc1cccc2c1C=CC=NN2. The molecule has 0 atom stereocenters. The number of allylic oxidation sites excluding steroid dienone is 1. The van der Waals surface area contributed by atoms with Crippen molar-refractivity contribution >= 4 is 18.0 Å². The van der Waals surface area contributed by atoms with Gasteiger partial charge in [-0.15, -0.1) is 0 Å². The van der Waals surface area contributed by atoms with Crippen LogP contribution in [0.15, 0.2) is 29.4 Å². The van der Waals surface area contributed by atoms with E-state index in [4.69, 9.17) is 5.73 Å². The standard InChI is InChI=1S/C10H11N3/c11-7-8-3-1-5-10-9(8)4-2-6-12-13-10/h1-6,13H,7,11H2. The minimum atomic E-state index is 0.551. The second-order valence-electron chi connectivity index (χ2n) is 2.83. The van der Waals surface area contributed by atoms with Crippen molar-refractivity contribution in [1.29, 1.82) is 0 Å². The Morgan fingerprint density at radius 2 is 2.31 bits per heavy atom. The predicted octanol–water partition coefficient (Wildman–Crippen LogP) is 1.57. The number of hydrazone groups is 1. The summed E-state index contributed by atoms with van der Waals surface area (Å²) >= 11 is 0. The van der Waals surface area contributed by atoms with E-state index in [9.17, 15) is 0 Å². The molecule has 3 heteroatoms. The van der Waals surface area contributed by atoms with Crippen molar-refractivity contribution in [2.75, 3.05) is 5.43 Å². The molecule has 3 nitrogen and oxygen atoms in total. The number of fused-ring (bicyclic) bond motifs is 1. The molecular weight excluding hydrogens is 162 g/mol. The number of hydrogen-bond donors (Lipinski definition) is 2. The summed E-state index contributed by atoms with van der Waals surface area (Å²) in [6.45, 7) is 0.551. The first-order valence-electron chi connectivity index (χ1n) is 4.19. The number of benzene rings is 1. The third-order valence-electron chi connectivity index (χ3n) is 2.02. The van der Waals surface area contributed by atoms with Crippen LogP contribution in [0.3, 0.4) is 0 Å². The predicted molar refractivity (Wildman–Crippen MR) is 55.5 cm³/mol. The normalized spacial score (nSPS) is 13.3. The fraction of sp³-hybridized carbons (Fsp3) is 0.100. The number of nitrogens with zero attached hydrogens (tertiary/aromatic N) is 1. The van der Waals surface area contributed by atoms with E-state index in [0.717, 1.165) is 16.8 Å². The fourth-order valence-corrected chi connectivity index (χ4v) is 1.37. The van der Waals surface area contributed by atoms with Gasteiger partial charge in [-0.1, -0.05) is 18.2 Å². The maximum Gasteiger partial charge on any atom is 0.0637 e. The topological polar surface area (TPSA) is 50.4 Å². The van der Waals surface area contributed by atoms with E-state index in [1.165, 1.54) is 0 Å². The fourth-order valence-electron chi connectivity index (χ4n) is 1.37. The highest BCUT2D eigenvalue weighted by Crippen LogP contribution is 2.22. The van der Waals surface area contributed by atoms with Crippen LogP contribution in [0, 0.1) is 0 Å². The molecule has 0 aromatic heterocycles. The summed E-state index contributed by atoms with van der Waals surface area (Å²) in [5.41, 5.74) is 11.8. The molecule has 3 N–H and O–H groups in total. The van der Waals surface area contributed by atoms with Gasteiger partial charge < -0.3 is 5.73 Å². The summed E-state index contributed by atoms with van der Waals surface area (Å²) in [5.74, 6) is 0. The number of anilines is 1. The summed E-state index contributed by atoms with van der Waals surface area (Å²) in [7, 11) is 0. The van der Waals surface area contributed by atoms with Crippen molar-refractivity contribution in [2.24, 2.45) is 10.8 Å². The van der Waals surface area contributed by atoms with Crippen LogP contribution in [0.2, 0.25) is 0 Å².